The van der Waals surface area contributed by atoms with Crippen LogP contribution in [0.15, 0.2) is 48.5 Å². The topological polar surface area (TPSA) is 58.1 Å². The molecule has 1 aliphatic rings. The first-order chi connectivity index (χ1) is 13.6. The summed E-state index contributed by atoms with van der Waals surface area (Å²) in [7, 11) is 0. The quantitative estimate of drug-likeness (QED) is 0.645. The minimum Gasteiger partial charge on any atom is -0.320 e. The molecule has 1 heterocycles. The molecule has 8 heteroatoms. The highest BCUT2D eigenvalue weighted by atomic mass is 32.1. The SMILES string of the molecule is O=C(Nc1ccc(F)cc1)c1nnc(CN(Cc2ccccc2F)C2CC2)s1. The lowest BCUT2D eigenvalue weighted by Crippen LogP contribution is -2.25. The summed E-state index contributed by atoms with van der Waals surface area (Å²) < 4.78 is 26.9. The largest absolute Gasteiger partial charge is 0.320 e. The first-order valence-corrected chi connectivity index (χ1v) is 9.77. The van der Waals surface area contributed by atoms with E-state index in [0.717, 1.165) is 12.8 Å². The van der Waals surface area contributed by atoms with Crippen molar-refractivity contribution in [2.75, 3.05) is 5.32 Å². The van der Waals surface area contributed by atoms with Gasteiger partial charge in [0.05, 0.1) is 6.54 Å². The molecule has 3 aromatic rings. The van der Waals surface area contributed by atoms with Gasteiger partial charge in [-0.2, -0.15) is 0 Å². The van der Waals surface area contributed by atoms with Crippen molar-refractivity contribution in [3.05, 3.63) is 75.7 Å². The lowest BCUT2D eigenvalue weighted by molar-refractivity contribution is 0.102. The van der Waals surface area contributed by atoms with Crippen molar-refractivity contribution in [3.8, 4) is 0 Å². The Labute approximate surface area is 165 Å². The summed E-state index contributed by atoms with van der Waals surface area (Å²) in [4.78, 5) is 14.5. The maximum Gasteiger partial charge on any atom is 0.286 e. The number of hydrogen-bond acceptors (Lipinski definition) is 5. The maximum atomic E-state index is 14.0. The van der Waals surface area contributed by atoms with Gasteiger partial charge in [-0.1, -0.05) is 29.5 Å². The van der Waals surface area contributed by atoms with Gasteiger partial charge in [0, 0.05) is 23.8 Å². The summed E-state index contributed by atoms with van der Waals surface area (Å²) in [6.07, 6.45) is 2.15. The minimum atomic E-state index is -0.387. The van der Waals surface area contributed by atoms with E-state index < -0.39 is 0 Å². The predicted octanol–water partition coefficient (Wildman–Crippen LogP) is 4.23. The predicted molar refractivity (Wildman–Crippen MR) is 103 cm³/mol. The number of carbonyl (C=O) groups excluding carboxylic acids is 1. The number of aromatic nitrogens is 2. The third-order valence-corrected chi connectivity index (χ3v) is 5.40. The normalized spacial score (nSPS) is 13.7. The van der Waals surface area contributed by atoms with E-state index in [0.29, 0.717) is 35.4 Å². The first-order valence-electron chi connectivity index (χ1n) is 8.95. The molecule has 0 saturated heterocycles. The Bertz CT molecular complexity index is 972. The minimum absolute atomic E-state index is 0.218. The van der Waals surface area contributed by atoms with Crippen LogP contribution in [-0.4, -0.2) is 27.0 Å². The Morgan fingerprint density at radius 2 is 1.82 bits per heavy atom. The van der Waals surface area contributed by atoms with Crippen molar-refractivity contribution < 1.29 is 13.6 Å². The molecule has 0 radical (unpaired) electrons. The Morgan fingerprint density at radius 3 is 2.54 bits per heavy atom. The van der Waals surface area contributed by atoms with Crippen molar-refractivity contribution >= 4 is 22.9 Å². The zero-order valence-corrected chi connectivity index (χ0v) is 15.8. The fraction of sp³-hybridized carbons (Fsp3) is 0.250. The second kappa shape index (κ2) is 8.12. The van der Waals surface area contributed by atoms with Gasteiger partial charge in [0.2, 0.25) is 5.01 Å². The van der Waals surface area contributed by atoms with Crippen molar-refractivity contribution in [1.82, 2.24) is 15.1 Å². The first kappa shape index (κ1) is 18.6. The molecule has 1 fully saturated rings. The van der Waals surface area contributed by atoms with Gasteiger partial charge < -0.3 is 5.32 Å². The van der Waals surface area contributed by atoms with Crippen LogP contribution >= 0.6 is 11.3 Å². The van der Waals surface area contributed by atoms with E-state index in [1.807, 2.05) is 6.07 Å². The highest BCUT2D eigenvalue weighted by Crippen LogP contribution is 2.30. The molecular weight excluding hydrogens is 382 g/mol. The number of amides is 1. The fourth-order valence-electron chi connectivity index (χ4n) is 2.90. The van der Waals surface area contributed by atoms with Crippen molar-refractivity contribution in [2.45, 2.75) is 32.0 Å². The van der Waals surface area contributed by atoms with Crippen LogP contribution < -0.4 is 5.32 Å². The molecule has 0 atom stereocenters. The zero-order chi connectivity index (χ0) is 19.5. The molecule has 4 rings (SSSR count). The summed E-state index contributed by atoms with van der Waals surface area (Å²) in [5, 5.41) is 11.7. The van der Waals surface area contributed by atoms with E-state index >= 15 is 0 Å². The van der Waals surface area contributed by atoms with Gasteiger partial charge >= 0.3 is 0 Å². The number of hydrogen-bond donors (Lipinski definition) is 1. The van der Waals surface area contributed by atoms with Crippen LogP contribution in [0.5, 0.6) is 0 Å². The molecular formula is C20H18F2N4OS. The Kier molecular flexibility index (Phi) is 5.40. The van der Waals surface area contributed by atoms with Crippen molar-refractivity contribution in [3.63, 3.8) is 0 Å². The van der Waals surface area contributed by atoms with Crippen LogP contribution in [-0.2, 0) is 13.1 Å². The fourth-order valence-corrected chi connectivity index (χ4v) is 3.66. The van der Waals surface area contributed by atoms with Crippen LogP contribution in [0.3, 0.4) is 0 Å². The molecule has 2 aromatic carbocycles. The molecule has 0 aliphatic heterocycles. The number of carbonyl (C=O) groups is 1. The number of halogens is 2. The van der Waals surface area contributed by atoms with Crippen LogP contribution in [0, 0.1) is 11.6 Å². The molecule has 0 bridgehead atoms. The van der Waals surface area contributed by atoms with Crippen LogP contribution in [0.25, 0.3) is 0 Å². The van der Waals surface area contributed by atoms with Crippen LogP contribution in [0.2, 0.25) is 0 Å². The van der Waals surface area contributed by atoms with Crippen molar-refractivity contribution in [2.24, 2.45) is 0 Å². The summed E-state index contributed by atoms with van der Waals surface area (Å²) in [6.45, 7) is 1.01. The second-order valence-electron chi connectivity index (χ2n) is 6.69. The number of rotatable bonds is 7. The lowest BCUT2D eigenvalue weighted by Gasteiger charge is -2.20. The average Bonchev–Trinajstić information content (AvgIpc) is 3.43. The summed E-state index contributed by atoms with van der Waals surface area (Å²) in [5.41, 5.74) is 1.13. The van der Waals surface area contributed by atoms with Gasteiger partial charge in [0.25, 0.3) is 5.91 Å². The Morgan fingerprint density at radius 1 is 1.07 bits per heavy atom. The third kappa shape index (κ3) is 4.58. The highest BCUT2D eigenvalue weighted by Gasteiger charge is 2.30. The van der Waals surface area contributed by atoms with Gasteiger partial charge in [-0.3, -0.25) is 9.69 Å². The van der Waals surface area contributed by atoms with Crippen LogP contribution in [0.1, 0.15) is 33.2 Å². The lowest BCUT2D eigenvalue weighted by atomic mass is 10.2. The van der Waals surface area contributed by atoms with Gasteiger partial charge in [-0.15, -0.1) is 10.2 Å². The molecule has 1 saturated carbocycles. The molecule has 1 N–H and O–H groups in total. The summed E-state index contributed by atoms with van der Waals surface area (Å²) in [5.74, 6) is -0.974. The molecule has 1 aliphatic carbocycles. The monoisotopic (exact) mass is 400 g/mol. The van der Waals surface area contributed by atoms with Crippen LogP contribution in [0.4, 0.5) is 14.5 Å². The number of anilines is 1. The van der Waals surface area contributed by atoms with E-state index in [1.54, 1.807) is 12.1 Å². The summed E-state index contributed by atoms with van der Waals surface area (Å²) >= 11 is 1.21. The molecule has 1 aromatic heterocycles. The average molecular weight is 400 g/mol. The molecule has 5 nitrogen and oxygen atoms in total. The number of nitrogens with one attached hydrogen (secondary N) is 1. The second-order valence-corrected chi connectivity index (χ2v) is 7.75. The molecule has 0 unspecified atom stereocenters. The van der Waals surface area contributed by atoms with Gasteiger partial charge in [0.15, 0.2) is 0 Å². The van der Waals surface area contributed by atoms with Gasteiger partial charge in [0.1, 0.15) is 16.6 Å². The molecule has 0 spiro atoms. The smallest absolute Gasteiger partial charge is 0.286 e. The Balaban J connectivity index is 1.42. The van der Waals surface area contributed by atoms with Gasteiger partial charge in [-0.25, -0.2) is 8.78 Å². The van der Waals surface area contributed by atoms with E-state index in [-0.39, 0.29) is 22.5 Å². The van der Waals surface area contributed by atoms with E-state index in [9.17, 15) is 13.6 Å². The van der Waals surface area contributed by atoms with Crippen molar-refractivity contribution in [1.29, 1.82) is 0 Å². The number of nitrogens with zero attached hydrogens (tertiary/aromatic N) is 3. The van der Waals surface area contributed by atoms with E-state index in [1.165, 1.54) is 41.7 Å². The maximum absolute atomic E-state index is 14.0. The summed E-state index contributed by atoms with van der Waals surface area (Å²) in [6, 6.07) is 12.7. The zero-order valence-electron chi connectivity index (χ0n) is 14.9. The molecule has 1 amide bonds. The standard InChI is InChI=1S/C20H18F2N4OS/c21-14-5-7-15(8-6-14)23-19(27)20-25-24-18(28-20)12-26(16-9-10-16)11-13-3-1-2-4-17(13)22/h1-8,16H,9-12H2,(H,23,27). The Hall–Kier alpha value is -2.71. The van der Waals surface area contributed by atoms with E-state index in [2.05, 4.69) is 20.4 Å². The third-order valence-electron chi connectivity index (χ3n) is 4.50. The number of benzene rings is 2. The highest BCUT2D eigenvalue weighted by molar-refractivity contribution is 7.13. The molecule has 144 valence electrons. The molecule has 28 heavy (non-hydrogen) atoms. The van der Waals surface area contributed by atoms with E-state index in [4.69, 9.17) is 0 Å². The van der Waals surface area contributed by atoms with Gasteiger partial charge in [-0.05, 0) is 43.2 Å².